The Morgan fingerprint density at radius 1 is 1.15 bits per heavy atom. The number of carbonyl (C=O) groups excluding carboxylic acids is 1. The predicted octanol–water partition coefficient (Wildman–Crippen LogP) is 4.89. The van der Waals surface area contributed by atoms with E-state index < -0.39 is 0 Å². The van der Waals surface area contributed by atoms with E-state index in [4.69, 9.17) is 0 Å². The first-order chi connectivity index (χ1) is 16.7. The minimum absolute atomic E-state index is 0.119. The number of pyridine rings is 2. The number of hydrogen-bond donors (Lipinski definition) is 2. The van der Waals surface area contributed by atoms with Crippen molar-refractivity contribution in [1.29, 1.82) is 0 Å². The highest BCUT2D eigenvalue weighted by Gasteiger charge is 2.25. The second kappa shape index (κ2) is 10.1. The van der Waals surface area contributed by atoms with E-state index in [2.05, 4.69) is 43.7 Å². The zero-order chi connectivity index (χ0) is 23.5. The fraction of sp³-hybridized carbons (Fsp3) is 0.423. The molecule has 4 heterocycles. The SMILES string of the molecule is CCN(CC)C(=O)c1sc2cnc(Nc3ccc(N4CCNCC4)cn3)cc2c1C1=CCCC1. The van der Waals surface area contributed by atoms with E-state index in [-0.39, 0.29) is 5.91 Å². The Morgan fingerprint density at radius 2 is 1.94 bits per heavy atom. The molecule has 178 valence electrons. The molecule has 34 heavy (non-hydrogen) atoms. The zero-order valence-corrected chi connectivity index (χ0v) is 20.7. The highest BCUT2D eigenvalue weighted by molar-refractivity contribution is 7.21. The van der Waals surface area contributed by atoms with Gasteiger partial charge in [-0.05, 0) is 56.9 Å². The number of piperazine rings is 1. The van der Waals surface area contributed by atoms with Crippen molar-refractivity contribution in [3.05, 3.63) is 47.1 Å². The molecule has 0 aromatic carbocycles. The summed E-state index contributed by atoms with van der Waals surface area (Å²) in [6, 6.07) is 6.19. The molecule has 0 bridgehead atoms. The van der Waals surface area contributed by atoms with Gasteiger partial charge in [0.25, 0.3) is 5.91 Å². The van der Waals surface area contributed by atoms with E-state index in [9.17, 15) is 4.79 Å². The molecule has 0 saturated carbocycles. The van der Waals surface area contributed by atoms with E-state index in [1.54, 1.807) is 11.3 Å². The molecule has 3 aromatic heterocycles. The normalized spacial score (nSPS) is 16.1. The molecule has 1 amide bonds. The molecule has 0 spiro atoms. The van der Waals surface area contributed by atoms with Gasteiger partial charge in [-0.2, -0.15) is 0 Å². The number of fused-ring (bicyclic) bond motifs is 1. The van der Waals surface area contributed by atoms with Crippen molar-refractivity contribution in [1.82, 2.24) is 20.2 Å². The molecule has 2 aliphatic rings. The van der Waals surface area contributed by atoms with Crippen LogP contribution in [0.4, 0.5) is 17.3 Å². The summed E-state index contributed by atoms with van der Waals surface area (Å²) in [5, 5.41) is 7.84. The summed E-state index contributed by atoms with van der Waals surface area (Å²) in [6.07, 6.45) is 9.34. The van der Waals surface area contributed by atoms with Gasteiger partial charge in [-0.25, -0.2) is 9.97 Å². The number of hydrogen-bond acceptors (Lipinski definition) is 7. The van der Waals surface area contributed by atoms with Crippen LogP contribution < -0.4 is 15.5 Å². The first-order valence-corrected chi connectivity index (χ1v) is 13.1. The van der Waals surface area contributed by atoms with Crippen LogP contribution in [0.2, 0.25) is 0 Å². The van der Waals surface area contributed by atoms with Crippen molar-refractivity contribution in [3.8, 4) is 0 Å². The summed E-state index contributed by atoms with van der Waals surface area (Å²) in [4.78, 5) is 27.7. The van der Waals surface area contributed by atoms with E-state index >= 15 is 0 Å². The zero-order valence-electron chi connectivity index (χ0n) is 19.9. The second-order valence-corrected chi connectivity index (χ2v) is 9.79. The fourth-order valence-corrected chi connectivity index (χ4v) is 5.95. The number of nitrogens with zero attached hydrogens (tertiary/aromatic N) is 4. The summed E-state index contributed by atoms with van der Waals surface area (Å²) >= 11 is 1.56. The standard InChI is InChI=1S/C26H32N6OS/c1-3-31(4-2)26(33)25-24(18-7-5-6-8-18)20-15-23(29-17-21(20)34-25)30-22-10-9-19(16-28-22)32-13-11-27-12-14-32/h7,9-10,15-17,27H,3-6,8,11-14H2,1-2H3,(H,28,29,30). The lowest BCUT2D eigenvalue weighted by molar-refractivity contribution is 0.0777. The predicted molar refractivity (Wildman–Crippen MR) is 141 cm³/mol. The fourth-order valence-electron chi connectivity index (χ4n) is 4.79. The molecular formula is C26H32N6OS. The smallest absolute Gasteiger partial charge is 0.264 e. The molecule has 0 unspecified atom stereocenters. The largest absolute Gasteiger partial charge is 0.368 e. The molecule has 7 nitrogen and oxygen atoms in total. The van der Waals surface area contributed by atoms with Crippen molar-refractivity contribution in [2.24, 2.45) is 0 Å². The number of carbonyl (C=O) groups is 1. The van der Waals surface area contributed by atoms with Gasteiger partial charge < -0.3 is 20.4 Å². The lowest BCUT2D eigenvalue weighted by atomic mass is 10.0. The number of amides is 1. The summed E-state index contributed by atoms with van der Waals surface area (Å²) in [5.41, 5.74) is 3.53. The number of allylic oxidation sites excluding steroid dienone is 2. The number of anilines is 3. The molecule has 1 fully saturated rings. The van der Waals surface area contributed by atoms with Crippen LogP contribution in [0.1, 0.15) is 48.3 Å². The van der Waals surface area contributed by atoms with Crippen LogP contribution >= 0.6 is 11.3 Å². The van der Waals surface area contributed by atoms with Crippen molar-refractivity contribution in [2.45, 2.75) is 33.1 Å². The van der Waals surface area contributed by atoms with Crippen LogP contribution in [-0.4, -0.2) is 60.0 Å². The lowest BCUT2D eigenvalue weighted by Crippen LogP contribution is -2.43. The summed E-state index contributed by atoms with van der Waals surface area (Å²) in [6.45, 7) is 9.49. The van der Waals surface area contributed by atoms with Crippen LogP contribution in [0.25, 0.3) is 15.7 Å². The number of nitrogens with one attached hydrogen (secondary N) is 2. The van der Waals surface area contributed by atoms with Crippen molar-refractivity contribution >= 4 is 50.2 Å². The third-order valence-corrected chi connectivity index (χ3v) is 7.80. The highest BCUT2D eigenvalue weighted by Crippen LogP contribution is 2.41. The van der Waals surface area contributed by atoms with Crippen molar-refractivity contribution < 1.29 is 4.79 Å². The van der Waals surface area contributed by atoms with E-state index in [0.29, 0.717) is 13.1 Å². The van der Waals surface area contributed by atoms with Gasteiger partial charge in [0.1, 0.15) is 16.5 Å². The van der Waals surface area contributed by atoms with Crippen LogP contribution in [-0.2, 0) is 0 Å². The van der Waals surface area contributed by atoms with Gasteiger partial charge in [0.2, 0.25) is 0 Å². The number of thiophene rings is 1. The second-order valence-electron chi connectivity index (χ2n) is 8.73. The summed E-state index contributed by atoms with van der Waals surface area (Å²) in [7, 11) is 0. The topological polar surface area (TPSA) is 73.4 Å². The molecular weight excluding hydrogens is 444 g/mol. The van der Waals surface area contributed by atoms with Crippen molar-refractivity contribution in [2.75, 3.05) is 49.5 Å². The Morgan fingerprint density at radius 3 is 2.62 bits per heavy atom. The molecule has 1 aliphatic heterocycles. The van der Waals surface area contributed by atoms with Gasteiger partial charge in [-0.1, -0.05) is 6.08 Å². The quantitative estimate of drug-likeness (QED) is 0.506. The van der Waals surface area contributed by atoms with E-state index in [1.165, 1.54) is 5.57 Å². The van der Waals surface area contributed by atoms with Gasteiger partial charge in [-0.15, -0.1) is 11.3 Å². The van der Waals surface area contributed by atoms with Gasteiger partial charge in [-0.3, -0.25) is 4.79 Å². The first-order valence-electron chi connectivity index (χ1n) is 12.3. The first kappa shape index (κ1) is 22.8. The molecule has 1 saturated heterocycles. The van der Waals surface area contributed by atoms with Crippen LogP contribution in [0.5, 0.6) is 0 Å². The Kier molecular flexibility index (Phi) is 6.78. The monoisotopic (exact) mass is 476 g/mol. The van der Waals surface area contributed by atoms with Crippen LogP contribution in [0.3, 0.4) is 0 Å². The molecule has 0 atom stereocenters. The highest BCUT2D eigenvalue weighted by atomic mass is 32.1. The Hall–Kier alpha value is -2.97. The average Bonchev–Trinajstić information content (AvgIpc) is 3.53. The minimum Gasteiger partial charge on any atom is -0.368 e. The Balaban J connectivity index is 1.45. The molecule has 1 aliphatic carbocycles. The Labute approximate surface area is 204 Å². The molecule has 3 aromatic rings. The molecule has 8 heteroatoms. The van der Waals surface area contributed by atoms with Gasteiger partial charge in [0, 0.05) is 56.4 Å². The summed E-state index contributed by atoms with van der Waals surface area (Å²) in [5.74, 6) is 1.63. The maximum absolute atomic E-state index is 13.3. The van der Waals surface area contributed by atoms with E-state index in [1.807, 2.05) is 37.2 Å². The van der Waals surface area contributed by atoms with Gasteiger partial charge in [0.15, 0.2) is 0 Å². The summed E-state index contributed by atoms with van der Waals surface area (Å²) < 4.78 is 1.05. The van der Waals surface area contributed by atoms with E-state index in [0.717, 1.165) is 83.3 Å². The number of rotatable bonds is 7. The lowest BCUT2D eigenvalue weighted by Gasteiger charge is -2.29. The third kappa shape index (κ3) is 4.52. The van der Waals surface area contributed by atoms with Gasteiger partial charge in [0.05, 0.1) is 16.6 Å². The Bertz CT molecular complexity index is 1190. The van der Waals surface area contributed by atoms with Crippen LogP contribution in [0.15, 0.2) is 36.7 Å². The average molecular weight is 477 g/mol. The molecule has 5 rings (SSSR count). The van der Waals surface area contributed by atoms with Gasteiger partial charge >= 0.3 is 0 Å². The maximum atomic E-state index is 13.3. The van der Waals surface area contributed by atoms with Crippen LogP contribution in [0, 0.1) is 0 Å². The van der Waals surface area contributed by atoms with Crippen molar-refractivity contribution in [3.63, 3.8) is 0 Å². The minimum atomic E-state index is 0.119. The third-order valence-electron chi connectivity index (χ3n) is 6.67. The molecule has 0 radical (unpaired) electrons. The molecule has 2 N–H and O–H groups in total. The maximum Gasteiger partial charge on any atom is 0.264 e. The number of aromatic nitrogens is 2.